The van der Waals surface area contributed by atoms with E-state index < -0.39 is 32.5 Å². The number of hydrogen-bond acceptors (Lipinski definition) is 8. The Morgan fingerprint density at radius 3 is 1.23 bits per heavy atom. The summed E-state index contributed by atoms with van der Waals surface area (Å²) in [7, 11) is -4.41. The molecule has 10 heteroatoms. The van der Waals surface area contributed by atoms with Gasteiger partial charge in [-0.05, 0) is 70.6 Å². The van der Waals surface area contributed by atoms with Crippen LogP contribution >= 0.6 is 7.82 Å². The van der Waals surface area contributed by atoms with E-state index in [9.17, 15) is 19.0 Å². The highest BCUT2D eigenvalue weighted by molar-refractivity contribution is 7.47. The van der Waals surface area contributed by atoms with Crippen LogP contribution in [0.2, 0.25) is 0 Å². The van der Waals surface area contributed by atoms with Crippen LogP contribution in [-0.2, 0) is 32.7 Å². The topological polar surface area (TPSA) is 134 Å². The molecule has 0 spiro atoms. The monoisotopic (exact) mass is 1010 g/mol. The molecule has 0 aromatic carbocycles. The maximum Gasteiger partial charge on any atom is 0.472 e. The van der Waals surface area contributed by atoms with Crippen molar-refractivity contribution in [1.29, 1.82) is 0 Å². The molecule has 0 rings (SSSR count). The van der Waals surface area contributed by atoms with Crippen LogP contribution in [0.3, 0.4) is 0 Å². The second-order valence-corrected chi connectivity index (χ2v) is 20.6. The summed E-state index contributed by atoms with van der Waals surface area (Å²) in [5, 5.41) is 0. The van der Waals surface area contributed by atoms with Crippen molar-refractivity contribution < 1.29 is 37.6 Å². The van der Waals surface area contributed by atoms with E-state index in [1.54, 1.807) is 6.08 Å². The third kappa shape index (κ3) is 56.3. The Hall–Kier alpha value is -2.81. The van der Waals surface area contributed by atoms with Gasteiger partial charge in [-0.25, -0.2) is 4.57 Å². The Kier molecular flexibility index (Phi) is 54.2. The molecule has 0 saturated carbocycles. The SMILES string of the molecule is CC/C=C\C/C=C\C/C=C\C/C=C\C/C=C\CC(=O)OC(COC(=O)CCCCCCCCCCCCCCCCCCCCCCCCC/C=C\C/C=C\CCCCCCC)COP(=O)(O)OCCN. The van der Waals surface area contributed by atoms with Gasteiger partial charge in [-0.2, -0.15) is 0 Å². The first-order valence-corrected chi connectivity index (χ1v) is 30.6. The van der Waals surface area contributed by atoms with Gasteiger partial charge in [0.05, 0.1) is 19.6 Å². The molecule has 0 fully saturated rings. The fourth-order valence-electron chi connectivity index (χ4n) is 8.04. The van der Waals surface area contributed by atoms with Crippen molar-refractivity contribution in [3.05, 3.63) is 85.1 Å². The van der Waals surface area contributed by atoms with Crippen LogP contribution in [0, 0.1) is 0 Å². The van der Waals surface area contributed by atoms with Crippen molar-refractivity contribution >= 4 is 19.8 Å². The van der Waals surface area contributed by atoms with Crippen LogP contribution in [-0.4, -0.2) is 49.3 Å². The van der Waals surface area contributed by atoms with E-state index in [1.807, 2.05) is 12.2 Å². The fraction of sp³-hybridized carbons (Fsp3) is 0.738. The lowest BCUT2D eigenvalue weighted by Gasteiger charge is -2.19. The van der Waals surface area contributed by atoms with Gasteiger partial charge in [0.1, 0.15) is 6.61 Å². The van der Waals surface area contributed by atoms with E-state index in [1.165, 1.54) is 173 Å². The van der Waals surface area contributed by atoms with Gasteiger partial charge in [-0.15, -0.1) is 0 Å². The number of carbonyl (C=O) groups excluding carboxylic acids is 2. The van der Waals surface area contributed by atoms with Crippen molar-refractivity contribution in [1.82, 2.24) is 0 Å². The molecule has 0 bridgehead atoms. The molecular weight excluding hydrogens is 906 g/mol. The molecule has 0 aliphatic carbocycles. The molecule has 0 amide bonds. The van der Waals surface area contributed by atoms with Gasteiger partial charge < -0.3 is 20.1 Å². The highest BCUT2D eigenvalue weighted by atomic mass is 31.2. The molecule has 0 aromatic rings. The zero-order valence-corrected chi connectivity index (χ0v) is 46.6. The summed E-state index contributed by atoms with van der Waals surface area (Å²) < 4.78 is 32.8. The summed E-state index contributed by atoms with van der Waals surface area (Å²) in [4.78, 5) is 35.0. The molecule has 0 aliphatic heterocycles. The lowest BCUT2D eigenvalue weighted by molar-refractivity contribution is -0.160. The number of carbonyl (C=O) groups is 2. The van der Waals surface area contributed by atoms with Crippen LogP contribution in [0.4, 0.5) is 0 Å². The van der Waals surface area contributed by atoms with E-state index in [0.717, 1.165) is 51.4 Å². The van der Waals surface area contributed by atoms with Crippen LogP contribution in [0.25, 0.3) is 0 Å². The number of phosphoric acid groups is 1. The molecule has 71 heavy (non-hydrogen) atoms. The number of esters is 2. The van der Waals surface area contributed by atoms with Crippen LogP contribution in [0.15, 0.2) is 85.1 Å². The third-order valence-electron chi connectivity index (χ3n) is 12.3. The third-order valence-corrected chi connectivity index (χ3v) is 13.3. The van der Waals surface area contributed by atoms with E-state index in [0.29, 0.717) is 6.42 Å². The van der Waals surface area contributed by atoms with Gasteiger partial charge in [-0.3, -0.25) is 18.6 Å². The highest BCUT2D eigenvalue weighted by Crippen LogP contribution is 2.43. The Bertz CT molecular complexity index is 1440. The van der Waals surface area contributed by atoms with Gasteiger partial charge in [0, 0.05) is 13.0 Å². The first-order valence-electron chi connectivity index (χ1n) is 29.1. The predicted molar refractivity (Wildman–Crippen MR) is 302 cm³/mol. The summed E-state index contributed by atoms with van der Waals surface area (Å²) in [5.41, 5.74) is 5.36. The van der Waals surface area contributed by atoms with E-state index >= 15 is 0 Å². The molecule has 0 saturated heterocycles. The molecule has 2 unspecified atom stereocenters. The minimum absolute atomic E-state index is 0.00346. The molecular formula is C61H108NO8P. The molecule has 410 valence electrons. The zero-order chi connectivity index (χ0) is 51.7. The number of phosphoric ester groups is 1. The van der Waals surface area contributed by atoms with Gasteiger partial charge in [-0.1, -0.05) is 259 Å². The first-order chi connectivity index (χ1) is 34.8. The Morgan fingerprint density at radius 1 is 0.451 bits per heavy atom. The van der Waals surface area contributed by atoms with Crippen molar-refractivity contribution in [2.75, 3.05) is 26.4 Å². The number of allylic oxidation sites excluding steroid dienone is 13. The number of hydrogen-bond donors (Lipinski definition) is 2. The normalized spacial score (nSPS) is 13.7. The zero-order valence-electron chi connectivity index (χ0n) is 45.7. The largest absolute Gasteiger partial charge is 0.472 e. The van der Waals surface area contributed by atoms with Crippen LogP contribution in [0.5, 0.6) is 0 Å². The summed E-state index contributed by atoms with van der Waals surface area (Å²) in [6.07, 6.45) is 74.2. The minimum Gasteiger partial charge on any atom is -0.462 e. The molecule has 9 nitrogen and oxygen atoms in total. The Labute approximate surface area is 436 Å². The quantitative estimate of drug-likeness (QED) is 0.0264. The molecule has 0 aliphatic rings. The number of rotatable bonds is 54. The molecule has 3 N–H and O–H groups in total. The van der Waals surface area contributed by atoms with Crippen molar-refractivity contribution in [3.63, 3.8) is 0 Å². The summed E-state index contributed by atoms with van der Waals surface area (Å²) >= 11 is 0. The van der Waals surface area contributed by atoms with E-state index in [-0.39, 0.29) is 32.6 Å². The second kappa shape index (κ2) is 56.5. The summed E-state index contributed by atoms with van der Waals surface area (Å²) in [6.45, 7) is 3.51. The van der Waals surface area contributed by atoms with Crippen molar-refractivity contribution in [2.45, 2.75) is 264 Å². The smallest absolute Gasteiger partial charge is 0.462 e. The summed E-state index contributed by atoms with van der Waals surface area (Å²) in [5.74, 6) is -0.972. The molecule has 0 aromatic heterocycles. The average molecular weight is 1010 g/mol. The Balaban J connectivity index is 3.87. The number of nitrogens with two attached hydrogens (primary N) is 1. The van der Waals surface area contributed by atoms with E-state index in [4.69, 9.17) is 24.3 Å². The van der Waals surface area contributed by atoms with Crippen molar-refractivity contribution in [3.8, 4) is 0 Å². The average Bonchev–Trinajstić information content (AvgIpc) is 3.36. The first kappa shape index (κ1) is 68.2. The molecule has 2 atom stereocenters. The van der Waals surface area contributed by atoms with Gasteiger partial charge in [0.25, 0.3) is 0 Å². The minimum atomic E-state index is -4.41. The lowest BCUT2D eigenvalue weighted by Crippen LogP contribution is -2.29. The number of ether oxygens (including phenoxy) is 2. The van der Waals surface area contributed by atoms with Gasteiger partial charge >= 0.3 is 19.8 Å². The second-order valence-electron chi connectivity index (χ2n) is 19.1. The predicted octanol–water partition coefficient (Wildman–Crippen LogP) is 18.3. The van der Waals surface area contributed by atoms with Crippen LogP contribution in [0.1, 0.15) is 258 Å². The van der Waals surface area contributed by atoms with Gasteiger partial charge in [0.15, 0.2) is 6.10 Å². The number of unbranched alkanes of at least 4 members (excludes halogenated alkanes) is 28. The summed E-state index contributed by atoms with van der Waals surface area (Å²) in [6, 6.07) is 0. The maximum atomic E-state index is 12.6. The molecule has 0 radical (unpaired) electrons. The standard InChI is InChI=1S/C61H108NO8P/c1-3-5-7-9-11-13-15-17-19-20-21-22-23-24-25-26-27-28-29-30-31-32-33-34-35-36-37-38-40-41-43-45-47-49-51-53-60(63)67-57-59(58-69-71(65,66)68-56-55-62)70-61(64)54-52-50-48-46-44-42-39-18-16-14-12-10-8-6-4-2/h6,8,12,14-15,17-18,20-21,39,44,46,50,52,59H,3-5,7,9-11,13,16,19,22-38,40-43,45,47-49,51,53-58,62H2,1-2H3,(H,65,66)/b8-6-,14-12-,17-15-,21-20-,39-18-,46-44-,52-50-. The fourth-order valence-corrected chi connectivity index (χ4v) is 8.80. The lowest BCUT2D eigenvalue weighted by atomic mass is 10.0. The Morgan fingerprint density at radius 2 is 0.817 bits per heavy atom. The van der Waals surface area contributed by atoms with Gasteiger partial charge in [0.2, 0.25) is 0 Å². The van der Waals surface area contributed by atoms with Crippen LogP contribution < -0.4 is 5.73 Å². The maximum absolute atomic E-state index is 12.6. The molecule has 0 heterocycles. The van der Waals surface area contributed by atoms with Crippen molar-refractivity contribution in [2.24, 2.45) is 5.73 Å². The highest BCUT2D eigenvalue weighted by Gasteiger charge is 2.25. The van der Waals surface area contributed by atoms with E-state index in [2.05, 4.69) is 80.7 Å².